The molecule has 0 radical (unpaired) electrons. The van der Waals surface area contributed by atoms with Crippen molar-refractivity contribution in [1.29, 1.82) is 0 Å². The highest BCUT2D eigenvalue weighted by Crippen LogP contribution is 2.10. The van der Waals surface area contributed by atoms with Crippen LogP contribution in [-0.4, -0.2) is 4.98 Å². The van der Waals surface area contributed by atoms with Crippen molar-refractivity contribution in [2.45, 2.75) is 6.92 Å². The lowest BCUT2D eigenvalue weighted by Gasteiger charge is -1.92. The maximum Gasteiger partial charge on any atom is 0.113 e. The van der Waals surface area contributed by atoms with Gasteiger partial charge in [0.25, 0.3) is 0 Å². The molecule has 0 aliphatic rings. The summed E-state index contributed by atoms with van der Waals surface area (Å²) >= 11 is 3.41. The lowest BCUT2D eigenvalue weighted by molar-refractivity contribution is 1.24. The molecule has 0 N–H and O–H groups in total. The van der Waals surface area contributed by atoms with Crippen molar-refractivity contribution in [2.75, 3.05) is 0 Å². The Kier molecular flexibility index (Phi) is 3.38. The van der Waals surface area contributed by atoms with Gasteiger partial charge in [-0.05, 0) is 42.7 Å². The Morgan fingerprint density at radius 3 is 2.69 bits per heavy atom. The van der Waals surface area contributed by atoms with Gasteiger partial charge in [-0.15, -0.1) is 0 Å². The van der Waals surface area contributed by atoms with Gasteiger partial charge in [0.1, 0.15) is 5.69 Å². The lowest BCUT2D eigenvalue weighted by atomic mass is 10.2. The van der Waals surface area contributed by atoms with Crippen LogP contribution in [0, 0.1) is 18.8 Å². The van der Waals surface area contributed by atoms with Gasteiger partial charge in [-0.1, -0.05) is 34.0 Å². The molecule has 78 valence electrons. The molecule has 0 bridgehead atoms. The molecular weight excluding hydrogens is 262 g/mol. The van der Waals surface area contributed by atoms with Crippen LogP contribution in [0.2, 0.25) is 0 Å². The molecule has 0 unspecified atom stereocenters. The van der Waals surface area contributed by atoms with Crippen molar-refractivity contribution < 1.29 is 0 Å². The predicted octanol–water partition coefficient (Wildman–Crippen LogP) is 3.55. The fourth-order valence-corrected chi connectivity index (χ4v) is 1.64. The Morgan fingerprint density at radius 1 is 1.12 bits per heavy atom. The van der Waals surface area contributed by atoms with E-state index in [1.807, 2.05) is 49.5 Å². The summed E-state index contributed by atoms with van der Waals surface area (Å²) in [6, 6.07) is 11.9. The highest BCUT2D eigenvalue weighted by atomic mass is 79.9. The molecule has 2 heteroatoms. The molecular formula is C14H10BrN. The van der Waals surface area contributed by atoms with Gasteiger partial charge in [0.2, 0.25) is 0 Å². The number of nitrogens with zero attached hydrogens (tertiary/aromatic N) is 1. The topological polar surface area (TPSA) is 12.9 Å². The third-order valence-electron chi connectivity index (χ3n) is 2.07. The number of pyridine rings is 1. The van der Waals surface area contributed by atoms with E-state index in [4.69, 9.17) is 0 Å². The van der Waals surface area contributed by atoms with Gasteiger partial charge in [0.15, 0.2) is 0 Å². The van der Waals surface area contributed by atoms with Crippen LogP contribution in [-0.2, 0) is 0 Å². The molecule has 0 aliphatic heterocycles. The molecule has 0 amide bonds. The van der Waals surface area contributed by atoms with Gasteiger partial charge in [0.05, 0.1) is 0 Å². The second kappa shape index (κ2) is 4.96. The first kappa shape index (κ1) is 10.9. The van der Waals surface area contributed by atoms with Crippen LogP contribution in [0.25, 0.3) is 0 Å². The van der Waals surface area contributed by atoms with E-state index in [0.29, 0.717) is 0 Å². The molecule has 0 atom stereocenters. The zero-order chi connectivity index (χ0) is 11.4. The van der Waals surface area contributed by atoms with Crippen LogP contribution < -0.4 is 0 Å². The molecule has 1 nitrogen and oxygen atoms in total. The van der Waals surface area contributed by atoms with E-state index < -0.39 is 0 Å². The molecule has 2 rings (SSSR count). The van der Waals surface area contributed by atoms with Crippen molar-refractivity contribution in [1.82, 2.24) is 4.98 Å². The van der Waals surface area contributed by atoms with Crippen LogP contribution in [0.4, 0.5) is 0 Å². The third-order valence-corrected chi connectivity index (χ3v) is 2.56. The summed E-state index contributed by atoms with van der Waals surface area (Å²) in [6.07, 6.45) is 1.82. The minimum absolute atomic E-state index is 0.797. The number of aryl methyl sites for hydroxylation is 1. The number of halogens is 1. The monoisotopic (exact) mass is 271 g/mol. The first-order valence-electron chi connectivity index (χ1n) is 4.94. The lowest BCUT2D eigenvalue weighted by Crippen LogP contribution is -1.82. The van der Waals surface area contributed by atoms with Gasteiger partial charge < -0.3 is 0 Å². The summed E-state index contributed by atoms with van der Waals surface area (Å²) in [4.78, 5) is 4.23. The molecule has 0 saturated heterocycles. The van der Waals surface area contributed by atoms with Gasteiger partial charge in [-0.25, -0.2) is 4.98 Å². The van der Waals surface area contributed by atoms with Crippen LogP contribution in [0.1, 0.15) is 16.8 Å². The van der Waals surface area contributed by atoms with Crippen LogP contribution in [0.5, 0.6) is 0 Å². The molecule has 2 aromatic rings. The molecule has 0 saturated carbocycles. The standard InChI is InChI=1S/C14H10BrN/c1-11-5-7-14(16-10-11)8-6-12-3-2-4-13(15)9-12/h2-5,7,9-10H,1H3. The molecule has 0 aliphatic carbocycles. The Bertz CT molecular complexity index is 547. The molecule has 0 fully saturated rings. The SMILES string of the molecule is Cc1ccc(C#Cc2cccc(Br)c2)nc1. The number of rotatable bonds is 0. The highest BCUT2D eigenvalue weighted by molar-refractivity contribution is 9.10. The molecule has 1 aromatic carbocycles. The summed E-state index contributed by atoms with van der Waals surface area (Å²) in [5.74, 6) is 6.11. The van der Waals surface area contributed by atoms with E-state index in [1.165, 1.54) is 0 Å². The highest BCUT2D eigenvalue weighted by Gasteiger charge is 1.90. The predicted molar refractivity (Wildman–Crippen MR) is 69.1 cm³/mol. The average Bonchev–Trinajstić information content (AvgIpc) is 2.28. The van der Waals surface area contributed by atoms with E-state index in [-0.39, 0.29) is 0 Å². The zero-order valence-corrected chi connectivity index (χ0v) is 10.5. The first-order valence-corrected chi connectivity index (χ1v) is 5.73. The maximum absolute atomic E-state index is 4.23. The van der Waals surface area contributed by atoms with E-state index in [9.17, 15) is 0 Å². The quantitative estimate of drug-likeness (QED) is 0.668. The van der Waals surface area contributed by atoms with Gasteiger partial charge >= 0.3 is 0 Å². The second-order valence-electron chi connectivity index (χ2n) is 3.48. The zero-order valence-electron chi connectivity index (χ0n) is 8.87. The summed E-state index contributed by atoms with van der Waals surface area (Å²) in [7, 11) is 0. The summed E-state index contributed by atoms with van der Waals surface area (Å²) in [5, 5.41) is 0. The van der Waals surface area contributed by atoms with E-state index >= 15 is 0 Å². The van der Waals surface area contributed by atoms with E-state index in [0.717, 1.165) is 21.3 Å². The average molecular weight is 272 g/mol. The van der Waals surface area contributed by atoms with Crippen LogP contribution in [0.15, 0.2) is 47.1 Å². The fraction of sp³-hybridized carbons (Fsp3) is 0.0714. The van der Waals surface area contributed by atoms with Crippen LogP contribution >= 0.6 is 15.9 Å². The van der Waals surface area contributed by atoms with Crippen molar-refractivity contribution in [3.63, 3.8) is 0 Å². The van der Waals surface area contributed by atoms with Gasteiger partial charge in [0, 0.05) is 16.2 Å². The van der Waals surface area contributed by atoms with Crippen LogP contribution in [0.3, 0.4) is 0 Å². The fourth-order valence-electron chi connectivity index (χ4n) is 1.24. The molecule has 1 aromatic heterocycles. The second-order valence-corrected chi connectivity index (χ2v) is 4.40. The number of benzene rings is 1. The molecule has 0 spiro atoms. The maximum atomic E-state index is 4.23. The van der Waals surface area contributed by atoms with Crippen molar-refractivity contribution in [3.8, 4) is 11.8 Å². The normalized spacial score (nSPS) is 9.38. The number of aromatic nitrogens is 1. The smallest absolute Gasteiger partial charge is 0.113 e. The van der Waals surface area contributed by atoms with Crippen molar-refractivity contribution in [2.24, 2.45) is 0 Å². The van der Waals surface area contributed by atoms with E-state index in [1.54, 1.807) is 0 Å². The molecule has 16 heavy (non-hydrogen) atoms. The number of hydrogen-bond donors (Lipinski definition) is 0. The Morgan fingerprint density at radius 2 is 2.00 bits per heavy atom. The Hall–Kier alpha value is -1.59. The van der Waals surface area contributed by atoms with E-state index in [2.05, 4.69) is 32.8 Å². The minimum Gasteiger partial charge on any atom is -0.248 e. The summed E-state index contributed by atoms with van der Waals surface area (Å²) < 4.78 is 1.04. The van der Waals surface area contributed by atoms with Gasteiger partial charge in [-0.3, -0.25) is 0 Å². The summed E-state index contributed by atoms with van der Waals surface area (Å²) in [5.41, 5.74) is 2.93. The molecule has 1 heterocycles. The van der Waals surface area contributed by atoms with Crippen molar-refractivity contribution in [3.05, 3.63) is 63.9 Å². The largest absolute Gasteiger partial charge is 0.248 e. The minimum atomic E-state index is 0.797. The third kappa shape index (κ3) is 2.95. The van der Waals surface area contributed by atoms with Gasteiger partial charge in [-0.2, -0.15) is 0 Å². The Balaban J connectivity index is 2.25. The summed E-state index contributed by atoms with van der Waals surface area (Å²) in [6.45, 7) is 2.01. The van der Waals surface area contributed by atoms with Crippen molar-refractivity contribution >= 4 is 15.9 Å². The first-order chi connectivity index (χ1) is 7.74. The Labute approximate surface area is 104 Å². The number of hydrogen-bond acceptors (Lipinski definition) is 1.